The van der Waals surface area contributed by atoms with Crippen molar-refractivity contribution in [3.05, 3.63) is 59.7 Å². The van der Waals surface area contributed by atoms with Gasteiger partial charge in [-0.3, -0.25) is 9.59 Å². The van der Waals surface area contributed by atoms with E-state index >= 15 is 0 Å². The Morgan fingerprint density at radius 2 is 1.59 bits per heavy atom. The van der Waals surface area contributed by atoms with Crippen LogP contribution in [0.3, 0.4) is 0 Å². The largest absolute Gasteiger partial charge is 0.497 e. The lowest BCUT2D eigenvalue weighted by molar-refractivity contribution is -0.0781. The Balaban J connectivity index is 1.97. The minimum absolute atomic E-state index is 0.141. The predicted molar refractivity (Wildman–Crippen MR) is 101 cm³/mol. The molecule has 2 aromatic carbocycles. The average molecular weight is 407 g/mol. The van der Waals surface area contributed by atoms with Crippen LogP contribution >= 0.6 is 0 Å². The molecule has 0 radical (unpaired) electrons. The fourth-order valence-corrected chi connectivity index (χ4v) is 2.08. The molecule has 10 heteroatoms. The third-order valence-corrected chi connectivity index (χ3v) is 3.53. The van der Waals surface area contributed by atoms with Crippen molar-refractivity contribution in [2.24, 2.45) is 10.1 Å². The van der Waals surface area contributed by atoms with E-state index in [1.807, 2.05) is 0 Å². The first kappa shape index (κ1) is 21.6. The molecule has 0 aromatic heterocycles. The monoisotopic (exact) mass is 407 g/mol. The minimum Gasteiger partial charge on any atom is -0.497 e. The van der Waals surface area contributed by atoms with E-state index in [1.54, 1.807) is 24.3 Å². The fourth-order valence-electron chi connectivity index (χ4n) is 2.08. The molecule has 0 saturated carbocycles. The van der Waals surface area contributed by atoms with Crippen LogP contribution in [-0.4, -0.2) is 44.1 Å². The Kier molecular flexibility index (Phi) is 7.07. The fraction of sp³-hybridized carbons (Fsp3) is 0.158. The molecular formula is C19H16F3N3O4. The van der Waals surface area contributed by atoms with Crippen LogP contribution in [0.4, 0.5) is 18.9 Å². The maximum Gasteiger partial charge on any atom is 0.471 e. The number of carbonyl (C=O) groups excluding carboxylic acids is 2. The zero-order valence-electron chi connectivity index (χ0n) is 15.4. The highest BCUT2D eigenvalue weighted by molar-refractivity contribution is 6.35. The molecule has 0 fully saturated rings. The second-order valence-corrected chi connectivity index (χ2v) is 5.48. The van der Waals surface area contributed by atoms with Gasteiger partial charge in [0.25, 0.3) is 5.91 Å². The van der Waals surface area contributed by atoms with Crippen LogP contribution < -0.4 is 10.1 Å². The molecule has 152 valence electrons. The van der Waals surface area contributed by atoms with E-state index in [9.17, 15) is 22.8 Å². The molecule has 2 rings (SSSR count). The van der Waals surface area contributed by atoms with E-state index < -0.39 is 17.9 Å². The summed E-state index contributed by atoms with van der Waals surface area (Å²) in [6.45, 7) is 0. The number of alkyl halides is 3. The first-order valence-corrected chi connectivity index (χ1v) is 8.08. The number of amides is 1. The smallest absolute Gasteiger partial charge is 0.471 e. The van der Waals surface area contributed by atoms with Crippen molar-refractivity contribution < 1.29 is 32.3 Å². The van der Waals surface area contributed by atoms with Gasteiger partial charge in [0.2, 0.25) is 5.78 Å². The summed E-state index contributed by atoms with van der Waals surface area (Å²) < 4.78 is 42.3. The third-order valence-electron chi connectivity index (χ3n) is 3.53. The Hall–Kier alpha value is -3.69. The van der Waals surface area contributed by atoms with Gasteiger partial charge in [0.05, 0.1) is 7.11 Å². The summed E-state index contributed by atoms with van der Waals surface area (Å²) in [6.07, 6.45) is -4.21. The van der Waals surface area contributed by atoms with Crippen molar-refractivity contribution in [1.29, 1.82) is 0 Å². The SMILES string of the molecule is CN=C(O/N=C/C(=O)c1ccc(NC(=O)c2ccc(OC)cc2)cc1)C(F)(F)F. The van der Waals surface area contributed by atoms with Crippen molar-refractivity contribution >= 4 is 29.5 Å². The van der Waals surface area contributed by atoms with Crippen LogP contribution in [-0.2, 0) is 4.84 Å². The molecule has 29 heavy (non-hydrogen) atoms. The van der Waals surface area contributed by atoms with Gasteiger partial charge in [-0.25, -0.2) is 4.99 Å². The van der Waals surface area contributed by atoms with Gasteiger partial charge in [-0.15, -0.1) is 0 Å². The maximum atomic E-state index is 12.4. The molecule has 1 N–H and O–H groups in total. The standard InChI is InChI=1S/C19H16F3N3O4/c1-23-18(19(20,21)22)29-24-11-16(26)12-3-7-14(8-4-12)25-17(27)13-5-9-15(28-2)10-6-13/h3-11H,1-2H3,(H,25,27)/b23-18?,24-11+. The molecular weight excluding hydrogens is 391 g/mol. The summed E-state index contributed by atoms with van der Waals surface area (Å²) in [5.74, 6) is -2.00. The molecule has 0 aliphatic carbocycles. The molecule has 0 heterocycles. The number of Topliss-reactive ketones (excluding diaryl/α,β-unsaturated/α-hetero) is 1. The zero-order valence-corrected chi connectivity index (χ0v) is 15.4. The van der Waals surface area contributed by atoms with Crippen molar-refractivity contribution in [2.75, 3.05) is 19.5 Å². The lowest BCUT2D eigenvalue weighted by Gasteiger charge is -2.07. The van der Waals surface area contributed by atoms with Crippen molar-refractivity contribution in [3.8, 4) is 5.75 Å². The number of carbonyl (C=O) groups is 2. The molecule has 0 saturated heterocycles. The highest BCUT2D eigenvalue weighted by atomic mass is 19.4. The first-order valence-electron chi connectivity index (χ1n) is 8.08. The molecule has 0 aliphatic heterocycles. The lowest BCUT2D eigenvalue weighted by atomic mass is 10.1. The normalized spacial score (nSPS) is 12.0. The summed E-state index contributed by atoms with van der Waals surface area (Å²) in [4.78, 5) is 31.1. The number of oxime groups is 1. The molecule has 0 aliphatic rings. The number of benzene rings is 2. The molecule has 0 bridgehead atoms. The van der Waals surface area contributed by atoms with Gasteiger partial charge in [-0.2, -0.15) is 13.2 Å². The molecule has 0 spiro atoms. The van der Waals surface area contributed by atoms with Gasteiger partial charge in [-0.1, -0.05) is 5.16 Å². The number of ketones is 1. The first-order chi connectivity index (χ1) is 13.7. The number of hydrogen-bond acceptors (Lipinski definition) is 6. The molecule has 7 nitrogen and oxygen atoms in total. The van der Waals surface area contributed by atoms with E-state index in [4.69, 9.17) is 4.74 Å². The second kappa shape index (κ2) is 9.49. The Bertz CT molecular complexity index is 921. The summed E-state index contributed by atoms with van der Waals surface area (Å²) >= 11 is 0. The van der Waals surface area contributed by atoms with Gasteiger partial charge < -0.3 is 14.9 Å². The number of anilines is 1. The average Bonchev–Trinajstić information content (AvgIpc) is 2.70. The van der Waals surface area contributed by atoms with Gasteiger partial charge in [0, 0.05) is 23.9 Å². The van der Waals surface area contributed by atoms with Gasteiger partial charge >= 0.3 is 12.1 Å². The van der Waals surface area contributed by atoms with Crippen LogP contribution in [0.1, 0.15) is 20.7 Å². The van der Waals surface area contributed by atoms with Crippen LogP contribution in [0.5, 0.6) is 5.75 Å². The number of aliphatic imine (C=N–C) groups is 1. The van der Waals surface area contributed by atoms with Crippen LogP contribution in [0.2, 0.25) is 0 Å². The summed E-state index contributed by atoms with van der Waals surface area (Å²) in [5, 5.41) is 5.66. The topological polar surface area (TPSA) is 89.4 Å². The van der Waals surface area contributed by atoms with Crippen LogP contribution in [0.25, 0.3) is 0 Å². The minimum atomic E-state index is -4.81. The van der Waals surface area contributed by atoms with E-state index in [0.29, 0.717) is 23.2 Å². The number of methoxy groups -OCH3 is 1. The number of hydrogen-bond donors (Lipinski definition) is 1. The highest BCUT2D eigenvalue weighted by Crippen LogP contribution is 2.18. The Labute approximate surface area is 163 Å². The van der Waals surface area contributed by atoms with E-state index in [-0.39, 0.29) is 11.5 Å². The number of ether oxygens (including phenoxy) is 1. The van der Waals surface area contributed by atoms with E-state index in [0.717, 1.165) is 7.05 Å². The zero-order chi connectivity index (χ0) is 21.4. The van der Waals surface area contributed by atoms with Crippen LogP contribution in [0.15, 0.2) is 58.7 Å². The summed E-state index contributed by atoms with van der Waals surface area (Å²) in [6, 6.07) is 12.2. The number of nitrogens with zero attached hydrogens (tertiary/aromatic N) is 2. The quantitative estimate of drug-likeness (QED) is 0.342. The second-order valence-electron chi connectivity index (χ2n) is 5.48. The Morgan fingerprint density at radius 1 is 1.00 bits per heavy atom. The molecule has 0 atom stereocenters. The van der Waals surface area contributed by atoms with E-state index in [2.05, 4.69) is 20.3 Å². The molecule has 1 amide bonds. The number of nitrogens with one attached hydrogen (secondary N) is 1. The van der Waals surface area contributed by atoms with Crippen molar-refractivity contribution in [3.63, 3.8) is 0 Å². The highest BCUT2D eigenvalue weighted by Gasteiger charge is 2.38. The van der Waals surface area contributed by atoms with Gasteiger partial charge in [-0.05, 0) is 48.5 Å². The lowest BCUT2D eigenvalue weighted by Crippen LogP contribution is -2.24. The third kappa shape index (κ3) is 6.16. The summed E-state index contributed by atoms with van der Waals surface area (Å²) in [5.41, 5.74) is 0.975. The number of rotatable bonds is 6. The van der Waals surface area contributed by atoms with Crippen LogP contribution in [0, 0.1) is 0 Å². The van der Waals surface area contributed by atoms with Gasteiger partial charge in [0.1, 0.15) is 12.0 Å². The molecule has 2 aromatic rings. The Morgan fingerprint density at radius 3 is 2.10 bits per heavy atom. The summed E-state index contributed by atoms with van der Waals surface area (Å²) in [7, 11) is 2.40. The number of halogens is 3. The van der Waals surface area contributed by atoms with E-state index in [1.165, 1.54) is 31.4 Å². The maximum absolute atomic E-state index is 12.4. The van der Waals surface area contributed by atoms with Crippen molar-refractivity contribution in [2.45, 2.75) is 6.18 Å². The predicted octanol–water partition coefficient (Wildman–Crippen LogP) is 3.72. The van der Waals surface area contributed by atoms with Crippen molar-refractivity contribution in [1.82, 2.24) is 0 Å². The molecule has 0 unspecified atom stereocenters. The van der Waals surface area contributed by atoms with Gasteiger partial charge in [0.15, 0.2) is 0 Å².